The monoisotopic (exact) mass is 270 g/mol. The molecule has 0 bridgehead atoms. The summed E-state index contributed by atoms with van der Waals surface area (Å²) in [6.45, 7) is 1.74. The molecule has 3 N–H and O–H groups in total. The molecule has 0 aliphatic carbocycles. The van der Waals surface area contributed by atoms with Gasteiger partial charge in [0.1, 0.15) is 0 Å². The summed E-state index contributed by atoms with van der Waals surface area (Å²) in [4.78, 5) is 7.68. The van der Waals surface area contributed by atoms with Crippen LogP contribution in [0.5, 0.6) is 0 Å². The quantitative estimate of drug-likeness (QED) is 0.874. The largest absolute Gasteiger partial charge is 0.396 e. The zero-order valence-electron chi connectivity index (χ0n) is 8.91. The van der Waals surface area contributed by atoms with E-state index in [1.165, 1.54) is 24.7 Å². The molecule has 90 valence electrons. The van der Waals surface area contributed by atoms with Crippen molar-refractivity contribution in [2.24, 2.45) is 0 Å². The van der Waals surface area contributed by atoms with Crippen molar-refractivity contribution < 1.29 is 8.42 Å². The van der Waals surface area contributed by atoms with Gasteiger partial charge in [-0.3, -0.25) is 9.71 Å². The lowest BCUT2D eigenvalue weighted by atomic mass is 10.4. The molecule has 0 aromatic carbocycles. The number of hydrogen-bond acceptors (Lipinski definition) is 6. The molecule has 0 unspecified atom stereocenters. The zero-order valence-corrected chi connectivity index (χ0v) is 10.5. The molecule has 0 saturated carbocycles. The molecule has 2 heterocycles. The topological polar surface area (TPSA) is 98.0 Å². The van der Waals surface area contributed by atoms with Crippen LogP contribution in [0.25, 0.3) is 0 Å². The SMILES string of the molecule is Cc1ncc(S(=O)(=O)Nc2ccncc2N)s1. The Hall–Kier alpha value is -1.67. The Morgan fingerprint density at radius 2 is 2.18 bits per heavy atom. The molecule has 2 aromatic rings. The van der Waals surface area contributed by atoms with Crippen molar-refractivity contribution in [3.8, 4) is 0 Å². The molecule has 0 fully saturated rings. The lowest BCUT2D eigenvalue weighted by Gasteiger charge is -2.07. The van der Waals surface area contributed by atoms with Crippen LogP contribution in [0.4, 0.5) is 11.4 Å². The summed E-state index contributed by atoms with van der Waals surface area (Å²) >= 11 is 1.10. The van der Waals surface area contributed by atoms with E-state index in [2.05, 4.69) is 14.7 Å². The van der Waals surface area contributed by atoms with Gasteiger partial charge in [-0.05, 0) is 13.0 Å². The van der Waals surface area contributed by atoms with Crippen LogP contribution in [0.2, 0.25) is 0 Å². The minimum absolute atomic E-state index is 0.159. The van der Waals surface area contributed by atoms with Crippen LogP contribution in [0.1, 0.15) is 5.01 Å². The van der Waals surface area contributed by atoms with E-state index >= 15 is 0 Å². The van der Waals surface area contributed by atoms with E-state index in [0.717, 1.165) is 11.3 Å². The van der Waals surface area contributed by atoms with Crippen molar-refractivity contribution in [3.05, 3.63) is 29.7 Å². The standard InChI is InChI=1S/C9H10N4O2S2/c1-6-12-5-9(16-6)17(14,15)13-8-2-3-11-4-7(8)10/h2-5H,10H2,1H3,(H,11,13). The van der Waals surface area contributed by atoms with E-state index in [9.17, 15) is 8.42 Å². The van der Waals surface area contributed by atoms with Crippen LogP contribution >= 0.6 is 11.3 Å². The first kappa shape index (κ1) is 11.8. The molecule has 0 amide bonds. The summed E-state index contributed by atoms with van der Waals surface area (Å²) in [5, 5.41) is 0.688. The van der Waals surface area contributed by atoms with E-state index in [0.29, 0.717) is 10.7 Å². The molecule has 8 heteroatoms. The first-order valence-corrected chi connectivity index (χ1v) is 6.94. The number of nitrogens with one attached hydrogen (secondary N) is 1. The van der Waals surface area contributed by atoms with Gasteiger partial charge < -0.3 is 5.73 Å². The van der Waals surface area contributed by atoms with Gasteiger partial charge in [-0.15, -0.1) is 11.3 Å². The van der Waals surface area contributed by atoms with Crippen LogP contribution in [0.15, 0.2) is 28.9 Å². The summed E-state index contributed by atoms with van der Waals surface area (Å²) in [6.07, 6.45) is 4.17. The number of pyridine rings is 1. The van der Waals surface area contributed by atoms with Crippen LogP contribution in [0.3, 0.4) is 0 Å². The number of rotatable bonds is 3. The van der Waals surface area contributed by atoms with Crippen molar-refractivity contribution in [2.45, 2.75) is 11.1 Å². The van der Waals surface area contributed by atoms with Gasteiger partial charge in [0.15, 0.2) is 4.21 Å². The molecule has 17 heavy (non-hydrogen) atoms. The van der Waals surface area contributed by atoms with E-state index in [-0.39, 0.29) is 9.90 Å². The third-order valence-electron chi connectivity index (χ3n) is 1.96. The zero-order chi connectivity index (χ0) is 12.5. The number of thiazole rings is 1. The Morgan fingerprint density at radius 1 is 1.41 bits per heavy atom. The molecular formula is C9H10N4O2S2. The highest BCUT2D eigenvalue weighted by Crippen LogP contribution is 2.23. The highest BCUT2D eigenvalue weighted by molar-refractivity contribution is 7.94. The smallest absolute Gasteiger partial charge is 0.273 e. The van der Waals surface area contributed by atoms with Crippen molar-refractivity contribution in [1.29, 1.82) is 0 Å². The average Bonchev–Trinajstić information content (AvgIpc) is 2.69. The molecule has 0 atom stereocenters. The third kappa shape index (κ3) is 2.53. The summed E-state index contributed by atoms with van der Waals surface area (Å²) in [6, 6.07) is 1.50. The first-order valence-electron chi connectivity index (χ1n) is 4.64. The second-order valence-corrected chi connectivity index (χ2v) is 6.41. The fourth-order valence-corrected chi connectivity index (χ4v) is 3.36. The number of aryl methyl sites for hydroxylation is 1. The minimum Gasteiger partial charge on any atom is -0.396 e. The Kier molecular flexibility index (Phi) is 2.99. The maximum absolute atomic E-state index is 12.0. The number of anilines is 2. The van der Waals surface area contributed by atoms with Gasteiger partial charge in [0.05, 0.1) is 28.8 Å². The van der Waals surface area contributed by atoms with Crippen molar-refractivity contribution in [3.63, 3.8) is 0 Å². The van der Waals surface area contributed by atoms with Gasteiger partial charge in [-0.1, -0.05) is 0 Å². The van der Waals surface area contributed by atoms with Gasteiger partial charge >= 0.3 is 0 Å². The Labute approximate surface area is 103 Å². The fraction of sp³-hybridized carbons (Fsp3) is 0.111. The molecule has 0 saturated heterocycles. The number of nitrogens with zero attached hydrogens (tertiary/aromatic N) is 2. The molecule has 6 nitrogen and oxygen atoms in total. The van der Waals surface area contributed by atoms with Crippen molar-refractivity contribution in [2.75, 3.05) is 10.5 Å². The number of nitrogens with two attached hydrogens (primary N) is 1. The minimum atomic E-state index is -3.62. The molecule has 2 rings (SSSR count). The van der Waals surface area contributed by atoms with Crippen LogP contribution in [-0.4, -0.2) is 18.4 Å². The predicted octanol–water partition coefficient (Wildman–Crippen LogP) is 1.23. The predicted molar refractivity (Wildman–Crippen MR) is 66.3 cm³/mol. The molecule has 0 spiro atoms. The van der Waals surface area contributed by atoms with Crippen LogP contribution < -0.4 is 10.5 Å². The van der Waals surface area contributed by atoms with E-state index in [1.807, 2.05) is 0 Å². The number of aromatic nitrogens is 2. The normalized spacial score (nSPS) is 11.4. The second kappa shape index (κ2) is 4.30. The van der Waals surface area contributed by atoms with Crippen molar-refractivity contribution in [1.82, 2.24) is 9.97 Å². The molecule has 0 radical (unpaired) electrons. The van der Waals surface area contributed by atoms with Gasteiger partial charge in [-0.25, -0.2) is 13.4 Å². The summed E-state index contributed by atoms with van der Waals surface area (Å²) in [5.74, 6) is 0. The summed E-state index contributed by atoms with van der Waals surface area (Å²) < 4.78 is 26.5. The second-order valence-electron chi connectivity index (χ2n) is 3.27. The number of nitrogen functional groups attached to an aromatic ring is 1. The highest BCUT2D eigenvalue weighted by atomic mass is 32.2. The fourth-order valence-electron chi connectivity index (χ4n) is 1.16. The van der Waals surface area contributed by atoms with E-state index < -0.39 is 10.0 Å². The lowest BCUT2D eigenvalue weighted by molar-refractivity contribution is 0.603. The Morgan fingerprint density at radius 3 is 2.76 bits per heavy atom. The maximum atomic E-state index is 12.0. The van der Waals surface area contributed by atoms with Gasteiger partial charge in [0.2, 0.25) is 0 Å². The Balaban J connectivity index is 2.33. The van der Waals surface area contributed by atoms with Gasteiger partial charge in [0.25, 0.3) is 10.0 Å². The summed E-state index contributed by atoms with van der Waals surface area (Å²) in [7, 11) is -3.62. The summed E-state index contributed by atoms with van der Waals surface area (Å²) in [5.41, 5.74) is 6.20. The van der Waals surface area contributed by atoms with E-state index in [4.69, 9.17) is 5.73 Å². The molecule has 2 aromatic heterocycles. The van der Waals surface area contributed by atoms with Gasteiger partial charge in [0, 0.05) is 6.20 Å². The molecular weight excluding hydrogens is 260 g/mol. The number of hydrogen-bond donors (Lipinski definition) is 2. The molecule has 0 aliphatic heterocycles. The third-order valence-corrected chi connectivity index (χ3v) is 4.70. The lowest BCUT2D eigenvalue weighted by Crippen LogP contribution is -2.12. The maximum Gasteiger partial charge on any atom is 0.273 e. The van der Waals surface area contributed by atoms with Crippen LogP contribution in [0, 0.1) is 6.92 Å². The number of sulfonamides is 1. The first-order chi connectivity index (χ1) is 7.99. The van der Waals surface area contributed by atoms with Crippen LogP contribution in [-0.2, 0) is 10.0 Å². The highest BCUT2D eigenvalue weighted by Gasteiger charge is 2.18. The van der Waals surface area contributed by atoms with E-state index in [1.54, 1.807) is 6.92 Å². The van der Waals surface area contributed by atoms with Crippen molar-refractivity contribution >= 4 is 32.7 Å². The van der Waals surface area contributed by atoms with Gasteiger partial charge in [-0.2, -0.15) is 0 Å². The average molecular weight is 270 g/mol. The molecule has 0 aliphatic rings. The Bertz CT molecular complexity index is 636.